The fraction of sp³-hybridized carbons (Fsp3) is 0.160. The molecule has 1 aromatic heterocycles. The van der Waals surface area contributed by atoms with E-state index >= 15 is 0 Å². The van der Waals surface area contributed by atoms with Crippen LogP contribution in [-0.4, -0.2) is 14.1 Å². The summed E-state index contributed by atoms with van der Waals surface area (Å²) in [6.07, 6.45) is -4.07. The number of rotatable bonds is 7. The van der Waals surface area contributed by atoms with Gasteiger partial charge in [0.25, 0.3) is 0 Å². The molecule has 174 valence electrons. The zero-order valence-electron chi connectivity index (χ0n) is 18.0. The van der Waals surface area contributed by atoms with Crippen molar-refractivity contribution in [3.8, 4) is 0 Å². The summed E-state index contributed by atoms with van der Waals surface area (Å²) in [6, 6.07) is 22.9. The van der Waals surface area contributed by atoms with Gasteiger partial charge in [-0.25, -0.2) is 14.2 Å². The predicted octanol–water partition coefficient (Wildman–Crippen LogP) is 4.46. The number of aryl methyl sites for hydroxylation is 1. The fourth-order valence-electron chi connectivity index (χ4n) is 3.52. The Bertz CT molecular complexity index is 1380. The van der Waals surface area contributed by atoms with Crippen LogP contribution >= 0.6 is 0 Å². The Balaban J connectivity index is 1.74. The second-order valence-corrected chi connectivity index (χ2v) is 7.66. The first-order valence-corrected chi connectivity index (χ1v) is 10.5. The van der Waals surface area contributed by atoms with E-state index in [0.717, 1.165) is 27.8 Å². The van der Waals surface area contributed by atoms with Crippen molar-refractivity contribution in [3.63, 3.8) is 0 Å². The Morgan fingerprint density at radius 3 is 2.09 bits per heavy atom. The van der Waals surface area contributed by atoms with Gasteiger partial charge in [-0.15, -0.1) is 0 Å². The lowest BCUT2D eigenvalue weighted by molar-refractivity contribution is -0.137. The minimum absolute atomic E-state index is 0.0285. The molecule has 1 heterocycles. The average Bonchev–Trinajstić information content (AvgIpc) is 2.82. The minimum Gasteiger partial charge on any atom is -0.325 e. The van der Waals surface area contributed by atoms with Crippen molar-refractivity contribution in [1.82, 2.24) is 14.1 Å². The van der Waals surface area contributed by atoms with Crippen LogP contribution in [0.15, 0.2) is 94.5 Å². The molecule has 34 heavy (non-hydrogen) atoms. The first-order valence-electron chi connectivity index (χ1n) is 10.5. The van der Waals surface area contributed by atoms with Gasteiger partial charge in [0, 0.05) is 12.2 Å². The van der Waals surface area contributed by atoms with Crippen molar-refractivity contribution in [1.29, 1.82) is 0 Å². The molecule has 6 nitrogen and oxygen atoms in total. The van der Waals surface area contributed by atoms with Gasteiger partial charge in [0.05, 0.1) is 12.1 Å². The highest BCUT2D eigenvalue weighted by molar-refractivity contribution is 5.54. The lowest BCUT2D eigenvalue weighted by atomic mass is 10.1. The molecule has 9 heteroatoms. The number of benzene rings is 3. The number of aromatic nitrogens is 3. The molecule has 0 bridgehead atoms. The molecule has 0 aliphatic carbocycles. The van der Waals surface area contributed by atoms with Gasteiger partial charge >= 0.3 is 17.6 Å². The van der Waals surface area contributed by atoms with Crippen molar-refractivity contribution in [2.75, 3.05) is 5.32 Å². The molecule has 4 rings (SSSR count). The molecule has 0 radical (unpaired) electrons. The smallest absolute Gasteiger partial charge is 0.325 e. The van der Waals surface area contributed by atoms with Crippen molar-refractivity contribution in [2.45, 2.75) is 25.7 Å². The maximum atomic E-state index is 13.3. The second kappa shape index (κ2) is 9.78. The van der Waals surface area contributed by atoms with E-state index in [-0.39, 0.29) is 24.7 Å². The quantitative estimate of drug-likeness (QED) is 0.437. The van der Waals surface area contributed by atoms with Gasteiger partial charge in [-0.2, -0.15) is 18.2 Å². The number of halogens is 3. The van der Waals surface area contributed by atoms with Gasteiger partial charge in [0.2, 0.25) is 5.95 Å². The van der Waals surface area contributed by atoms with Crippen LogP contribution in [0.1, 0.15) is 16.7 Å². The monoisotopic (exact) mass is 466 g/mol. The fourth-order valence-corrected chi connectivity index (χ4v) is 3.52. The van der Waals surface area contributed by atoms with Gasteiger partial charge in [-0.05, 0) is 35.7 Å². The highest BCUT2D eigenvalue weighted by Gasteiger charge is 2.30. The number of alkyl halides is 3. The van der Waals surface area contributed by atoms with Gasteiger partial charge < -0.3 is 5.32 Å². The molecule has 0 saturated carbocycles. The number of nitrogens with zero attached hydrogens (tertiary/aromatic N) is 3. The molecular formula is C25H21F3N4O2. The number of anilines is 2. The van der Waals surface area contributed by atoms with E-state index in [1.165, 1.54) is 16.7 Å². The maximum absolute atomic E-state index is 13.3. The third kappa shape index (κ3) is 5.43. The molecule has 0 aliphatic rings. The van der Waals surface area contributed by atoms with E-state index in [9.17, 15) is 22.8 Å². The van der Waals surface area contributed by atoms with Crippen LogP contribution in [0.3, 0.4) is 0 Å². The topological polar surface area (TPSA) is 68.9 Å². The van der Waals surface area contributed by atoms with Gasteiger partial charge in [-0.1, -0.05) is 66.7 Å². The number of hydrogen-bond donors (Lipinski definition) is 1. The SMILES string of the molecule is O=c1nc(Nc2cccc(C(F)(F)F)c2)n(CCc2ccccc2)c(=O)n1Cc1ccccc1. The van der Waals surface area contributed by atoms with Crippen molar-refractivity contribution >= 4 is 11.6 Å². The molecule has 0 atom stereocenters. The zero-order chi connectivity index (χ0) is 24.1. The Kier molecular flexibility index (Phi) is 6.62. The molecule has 0 saturated heterocycles. The van der Waals surface area contributed by atoms with E-state index in [0.29, 0.717) is 6.42 Å². The summed E-state index contributed by atoms with van der Waals surface area (Å²) in [5.74, 6) is -0.116. The Morgan fingerprint density at radius 2 is 1.44 bits per heavy atom. The average molecular weight is 466 g/mol. The van der Waals surface area contributed by atoms with Crippen LogP contribution in [0.5, 0.6) is 0 Å². The largest absolute Gasteiger partial charge is 0.416 e. The van der Waals surface area contributed by atoms with Gasteiger partial charge in [0.15, 0.2) is 0 Å². The minimum atomic E-state index is -4.53. The normalized spacial score (nSPS) is 11.4. The number of nitrogens with one attached hydrogen (secondary N) is 1. The van der Waals surface area contributed by atoms with Crippen LogP contribution in [-0.2, 0) is 25.7 Å². The molecule has 1 N–H and O–H groups in total. The highest BCUT2D eigenvalue weighted by Crippen LogP contribution is 2.31. The van der Waals surface area contributed by atoms with Crippen LogP contribution in [0.2, 0.25) is 0 Å². The standard InChI is InChI=1S/C25H21F3N4O2/c26-25(27,28)20-12-7-13-21(16-20)29-22-30-23(33)32(17-19-10-5-2-6-11-19)24(34)31(22)15-14-18-8-3-1-4-9-18/h1-13,16H,14-15,17H2,(H,29,30,33). The predicted molar refractivity (Wildman–Crippen MR) is 123 cm³/mol. The number of hydrogen-bond acceptors (Lipinski definition) is 4. The lowest BCUT2D eigenvalue weighted by Crippen LogP contribution is -2.43. The van der Waals surface area contributed by atoms with Crippen LogP contribution in [0, 0.1) is 0 Å². The van der Waals surface area contributed by atoms with E-state index in [1.54, 1.807) is 24.3 Å². The molecule has 4 aromatic rings. The Hall–Kier alpha value is -4.14. The van der Waals surface area contributed by atoms with Crippen LogP contribution in [0.25, 0.3) is 0 Å². The lowest BCUT2D eigenvalue weighted by Gasteiger charge is -2.16. The summed E-state index contributed by atoms with van der Waals surface area (Å²) < 4.78 is 41.7. The second-order valence-electron chi connectivity index (χ2n) is 7.66. The van der Waals surface area contributed by atoms with E-state index in [4.69, 9.17) is 0 Å². The molecule has 0 fully saturated rings. The molecular weight excluding hydrogens is 445 g/mol. The van der Waals surface area contributed by atoms with Crippen molar-refractivity contribution in [3.05, 3.63) is 123 Å². The first-order chi connectivity index (χ1) is 16.3. The first kappa shape index (κ1) is 23.0. The molecule has 0 spiro atoms. The van der Waals surface area contributed by atoms with E-state index < -0.39 is 23.1 Å². The van der Waals surface area contributed by atoms with Crippen molar-refractivity contribution in [2.24, 2.45) is 0 Å². The zero-order valence-corrected chi connectivity index (χ0v) is 18.0. The molecule has 0 unspecified atom stereocenters. The third-order valence-corrected chi connectivity index (χ3v) is 5.25. The van der Waals surface area contributed by atoms with E-state index in [2.05, 4.69) is 10.3 Å². The maximum Gasteiger partial charge on any atom is 0.416 e. The summed E-state index contributed by atoms with van der Waals surface area (Å²) in [5.41, 5.74) is -0.478. The molecule has 0 aliphatic heterocycles. The van der Waals surface area contributed by atoms with Crippen LogP contribution in [0.4, 0.5) is 24.8 Å². The Labute approximate surface area is 193 Å². The highest BCUT2D eigenvalue weighted by atomic mass is 19.4. The summed E-state index contributed by atoms with van der Waals surface area (Å²) in [6.45, 7) is 0.201. The summed E-state index contributed by atoms with van der Waals surface area (Å²) in [5, 5.41) is 2.73. The van der Waals surface area contributed by atoms with E-state index in [1.807, 2.05) is 36.4 Å². The van der Waals surface area contributed by atoms with Gasteiger partial charge in [-0.3, -0.25) is 4.57 Å². The summed E-state index contributed by atoms with van der Waals surface area (Å²) in [7, 11) is 0. The Morgan fingerprint density at radius 1 is 0.794 bits per heavy atom. The van der Waals surface area contributed by atoms with Crippen LogP contribution < -0.4 is 16.7 Å². The van der Waals surface area contributed by atoms with Gasteiger partial charge in [0.1, 0.15) is 0 Å². The summed E-state index contributed by atoms with van der Waals surface area (Å²) in [4.78, 5) is 30.1. The summed E-state index contributed by atoms with van der Waals surface area (Å²) >= 11 is 0. The van der Waals surface area contributed by atoms with Crippen molar-refractivity contribution < 1.29 is 13.2 Å². The third-order valence-electron chi connectivity index (χ3n) is 5.25. The molecule has 3 aromatic carbocycles. The molecule has 0 amide bonds.